The maximum absolute atomic E-state index is 10.7. The zero-order valence-corrected chi connectivity index (χ0v) is 12.5. The maximum Gasteiger partial charge on any atom is 0.270 e. The van der Waals surface area contributed by atoms with E-state index < -0.39 is 0 Å². The van der Waals surface area contributed by atoms with Crippen molar-refractivity contribution in [2.75, 3.05) is 31.5 Å². The number of nitro groups is 1. The lowest BCUT2D eigenvalue weighted by molar-refractivity contribution is -0.384. The van der Waals surface area contributed by atoms with Crippen LogP contribution in [0.5, 0.6) is 0 Å². The molecular weight excluding hydrogens is 310 g/mol. The van der Waals surface area contributed by atoms with Crippen molar-refractivity contribution < 1.29 is 4.92 Å². The van der Waals surface area contributed by atoms with Crippen LogP contribution in [-0.4, -0.2) is 36.0 Å². The largest absolute Gasteiger partial charge is 0.384 e. The molecule has 19 heavy (non-hydrogen) atoms. The number of anilines is 1. The van der Waals surface area contributed by atoms with Crippen molar-refractivity contribution in [1.82, 2.24) is 4.90 Å². The molecule has 1 aromatic rings. The average Bonchev–Trinajstić information content (AvgIpc) is 2.85. The number of hydrogen-bond donors (Lipinski definition) is 1. The molecule has 0 aliphatic carbocycles. The van der Waals surface area contributed by atoms with Gasteiger partial charge in [-0.1, -0.05) is 6.92 Å². The van der Waals surface area contributed by atoms with E-state index in [9.17, 15) is 10.1 Å². The molecule has 2 rings (SSSR count). The van der Waals surface area contributed by atoms with Gasteiger partial charge < -0.3 is 10.2 Å². The summed E-state index contributed by atoms with van der Waals surface area (Å²) >= 11 is 3.37. The molecule has 1 fully saturated rings. The third kappa shape index (κ3) is 3.67. The third-order valence-corrected chi connectivity index (χ3v) is 4.22. The number of hydrogen-bond acceptors (Lipinski definition) is 4. The van der Waals surface area contributed by atoms with E-state index in [0.29, 0.717) is 5.92 Å². The van der Waals surface area contributed by atoms with Gasteiger partial charge in [-0.25, -0.2) is 0 Å². The molecule has 0 saturated carbocycles. The van der Waals surface area contributed by atoms with Gasteiger partial charge in [0, 0.05) is 35.4 Å². The molecule has 1 heterocycles. The van der Waals surface area contributed by atoms with Crippen molar-refractivity contribution in [3.8, 4) is 0 Å². The second-order valence-corrected chi connectivity index (χ2v) is 5.70. The van der Waals surface area contributed by atoms with Crippen LogP contribution in [0.25, 0.3) is 0 Å². The number of halogens is 1. The summed E-state index contributed by atoms with van der Waals surface area (Å²) in [5.74, 6) is 0.655. The quantitative estimate of drug-likeness (QED) is 0.666. The van der Waals surface area contributed by atoms with Gasteiger partial charge >= 0.3 is 0 Å². The summed E-state index contributed by atoms with van der Waals surface area (Å²) in [4.78, 5) is 12.7. The fourth-order valence-electron chi connectivity index (χ4n) is 2.38. The Morgan fingerprint density at radius 2 is 2.37 bits per heavy atom. The van der Waals surface area contributed by atoms with Crippen LogP contribution in [-0.2, 0) is 0 Å². The normalized spacial score (nSPS) is 19.6. The van der Waals surface area contributed by atoms with Gasteiger partial charge in [-0.05, 0) is 47.4 Å². The monoisotopic (exact) mass is 327 g/mol. The molecule has 1 aliphatic rings. The van der Waals surface area contributed by atoms with E-state index in [0.717, 1.165) is 29.8 Å². The van der Waals surface area contributed by atoms with E-state index in [2.05, 4.69) is 33.1 Å². The molecule has 0 bridgehead atoms. The first-order valence-electron chi connectivity index (χ1n) is 6.50. The highest BCUT2D eigenvalue weighted by Gasteiger charge is 2.21. The van der Waals surface area contributed by atoms with Gasteiger partial charge in [-0.3, -0.25) is 10.1 Å². The molecule has 1 unspecified atom stereocenters. The van der Waals surface area contributed by atoms with Gasteiger partial charge in [0.15, 0.2) is 0 Å². The summed E-state index contributed by atoms with van der Waals surface area (Å²) in [7, 11) is 0. The number of likely N-dealkylation sites (tertiary alicyclic amines) is 1. The van der Waals surface area contributed by atoms with Crippen LogP contribution in [0.1, 0.15) is 13.3 Å². The first kappa shape index (κ1) is 14.3. The number of nitrogens with zero attached hydrogens (tertiary/aromatic N) is 2. The van der Waals surface area contributed by atoms with E-state index in [1.165, 1.54) is 25.1 Å². The minimum atomic E-state index is -0.384. The van der Waals surface area contributed by atoms with Crippen LogP contribution < -0.4 is 5.32 Å². The molecule has 1 atom stereocenters. The number of nitro benzene ring substituents is 1. The zero-order chi connectivity index (χ0) is 13.8. The molecule has 0 amide bonds. The minimum absolute atomic E-state index is 0.107. The number of nitrogens with one attached hydrogen (secondary N) is 1. The third-order valence-electron chi connectivity index (χ3n) is 3.56. The van der Waals surface area contributed by atoms with Crippen molar-refractivity contribution in [2.45, 2.75) is 13.3 Å². The highest BCUT2D eigenvalue weighted by molar-refractivity contribution is 9.10. The standard InChI is InChI=1S/C13H18BrN3O2/c1-2-16-6-5-10(9-16)8-15-13-4-3-11(17(18)19)7-12(13)14/h3-4,7,10,15H,2,5-6,8-9H2,1H3. The lowest BCUT2D eigenvalue weighted by Crippen LogP contribution is -2.22. The Bertz CT molecular complexity index is 467. The van der Waals surface area contributed by atoms with Crippen molar-refractivity contribution in [1.29, 1.82) is 0 Å². The summed E-state index contributed by atoms with van der Waals surface area (Å²) < 4.78 is 0.743. The molecule has 1 N–H and O–H groups in total. The van der Waals surface area contributed by atoms with Gasteiger partial charge in [0.1, 0.15) is 0 Å². The fourth-order valence-corrected chi connectivity index (χ4v) is 2.89. The zero-order valence-electron chi connectivity index (χ0n) is 10.9. The predicted octanol–water partition coefficient (Wildman–Crippen LogP) is 3.11. The van der Waals surface area contributed by atoms with Crippen LogP contribution in [0.3, 0.4) is 0 Å². The Hall–Kier alpha value is -1.14. The topological polar surface area (TPSA) is 58.4 Å². The number of benzene rings is 1. The molecule has 0 aromatic heterocycles. The molecule has 1 saturated heterocycles. The minimum Gasteiger partial charge on any atom is -0.384 e. The highest BCUT2D eigenvalue weighted by atomic mass is 79.9. The van der Waals surface area contributed by atoms with Crippen molar-refractivity contribution in [2.24, 2.45) is 5.92 Å². The summed E-state index contributed by atoms with van der Waals surface area (Å²) in [5.41, 5.74) is 1.02. The SMILES string of the molecule is CCN1CCC(CNc2ccc([N+](=O)[O-])cc2Br)C1. The lowest BCUT2D eigenvalue weighted by atomic mass is 10.1. The molecule has 1 aromatic carbocycles. The molecule has 1 aliphatic heterocycles. The van der Waals surface area contributed by atoms with Gasteiger partial charge in [-0.2, -0.15) is 0 Å². The van der Waals surface area contributed by atoms with Gasteiger partial charge in [0.05, 0.1) is 4.92 Å². The molecule has 5 nitrogen and oxygen atoms in total. The van der Waals surface area contributed by atoms with Crippen LogP contribution in [0.15, 0.2) is 22.7 Å². The molecular formula is C13H18BrN3O2. The molecule has 104 valence electrons. The van der Waals surface area contributed by atoms with E-state index in [-0.39, 0.29) is 10.6 Å². The van der Waals surface area contributed by atoms with Crippen molar-refractivity contribution >= 4 is 27.3 Å². The Balaban J connectivity index is 1.91. The maximum atomic E-state index is 10.7. The smallest absolute Gasteiger partial charge is 0.270 e. The van der Waals surface area contributed by atoms with Gasteiger partial charge in [0.2, 0.25) is 0 Å². The summed E-state index contributed by atoms with van der Waals surface area (Å²) in [5, 5.41) is 14.0. The number of non-ortho nitro benzene ring substituents is 1. The summed E-state index contributed by atoms with van der Waals surface area (Å²) in [6.45, 7) is 6.51. The Morgan fingerprint density at radius 1 is 1.58 bits per heavy atom. The van der Waals surface area contributed by atoms with E-state index in [4.69, 9.17) is 0 Å². The van der Waals surface area contributed by atoms with Crippen LogP contribution in [0, 0.1) is 16.0 Å². The van der Waals surface area contributed by atoms with E-state index in [1.807, 2.05) is 0 Å². The van der Waals surface area contributed by atoms with Crippen molar-refractivity contribution in [3.63, 3.8) is 0 Å². The first-order valence-corrected chi connectivity index (χ1v) is 7.29. The van der Waals surface area contributed by atoms with Gasteiger partial charge in [-0.15, -0.1) is 0 Å². The van der Waals surface area contributed by atoms with E-state index in [1.54, 1.807) is 6.07 Å². The first-order chi connectivity index (χ1) is 9.10. The van der Waals surface area contributed by atoms with Crippen LogP contribution in [0.2, 0.25) is 0 Å². The Morgan fingerprint density at radius 3 is 2.95 bits per heavy atom. The summed E-state index contributed by atoms with van der Waals surface area (Å²) in [6, 6.07) is 4.82. The molecule has 6 heteroatoms. The Labute approximate surface area is 121 Å². The number of rotatable bonds is 5. The van der Waals surface area contributed by atoms with Gasteiger partial charge in [0.25, 0.3) is 5.69 Å². The predicted molar refractivity (Wildman–Crippen MR) is 79.5 cm³/mol. The fraction of sp³-hybridized carbons (Fsp3) is 0.538. The lowest BCUT2D eigenvalue weighted by Gasteiger charge is -2.15. The highest BCUT2D eigenvalue weighted by Crippen LogP contribution is 2.27. The Kier molecular flexibility index (Phi) is 4.76. The van der Waals surface area contributed by atoms with Crippen LogP contribution in [0.4, 0.5) is 11.4 Å². The van der Waals surface area contributed by atoms with E-state index >= 15 is 0 Å². The van der Waals surface area contributed by atoms with Crippen molar-refractivity contribution in [3.05, 3.63) is 32.8 Å². The molecule has 0 spiro atoms. The average molecular weight is 328 g/mol. The second kappa shape index (κ2) is 6.34. The summed E-state index contributed by atoms with van der Waals surface area (Å²) in [6.07, 6.45) is 1.21. The second-order valence-electron chi connectivity index (χ2n) is 4.85. The van der Waals surface area contributed by atoms with Crippen LogP contribution >= 0.6 is 15.9 Å². The molecule has 0 radical (unpaired) electrons.